The van der Waals surface area contributed by atoms with E-state index in [9.17, 15) is 9.59 Å². The third-order valence-electron chi connectivity index (χ3n) is 4.01. The van der Waals surface area contributed by atoms with Crippen LogP contribution >= 0.6 is 0 Å². The lowest BCUT2D eigenvalue weighted by Gasteiger charge is -2.15. The van der Waals surface area contributed by atoms with E-state index in [0.29, 0.717) is 25.4 Å². The van der Waals surface area contributed by atoms with Crippen molar-refractivity contribution in [2.45, 2.75) is 25.7 Å². The molecule has 1 aromatic heterocycles. The normalized spacial score (nSPS) is 22.3. The van der Waals surface area contributed by atoms with Crippen LogP contribution in [0.5, 0.6) is 0 Å². The Kier molecular flexibility index (Phi) is 3.71. The maximum Gasteiger partial charge on any atom is 0.225 e. The van der Waals surface area contributed by atoms with Crippen molar-refractivity contribution < 1.29 is 9.59 Å². The number of imidazole rings is 1. The van der Waals surface area contributed by atoms with Crippen molar-refractivity contribution >= 4 is 11.8 Å². The van der Waals surface area contributed by atoms with Gasteiger partial charge in [0.1, 0.15) is 0 Å². The van der Waals surface area contributed by atoms with Crippen molar-refractivity contribution in [3.05, 3.63) is 18.2 Å². The van der Waals surface area contributed by atoms with E-state index in [1.54, 1.807) is 12.5 Å². The van der Waals surface area contributed by atoms with E-state index in [-0.39, 0.29) is 17.7 Å². The van der Waals surface area contributed by atoms with Crippen LogP contribution in [0.1, 0.15) is 25.0 Å². The Morgan fingerprint density at radius 1 is 1.50 bits per heavy atom. The summed E-state index contributed by atoms with van der Waals surface area (Å²) in [5.74, 6) is 0.630. The quantitative estimate of drug-likeness (QED) is 0.786. The molecule has 1 atom stereocenters. The molecular weight excluding hydrogens is 256 g/mol. The zero-order chi connectivity index (χ0) is 13.9. The molecule has 1 aliphatic carbocycles. The van der Waals surface area contributed by atoms with E-state index in [1.807, 2.05) is 4.90 Å². The van der Waals surface area contributed by atoms with Crippen molar-refractivity contribution in [3.63, 3.8) is 0 Å². The first-order valence-corrected chi connectivity index (χ1v) is 7.25. The number of carbonyl (C=O) groups is 2. The van der Waals surface area contributed by atoms with Crippen LogP contribution in [-0.4, -0.2) is 46.3 Å². The second kappa shape index (κ2) is 5.64. The highest BCUT2D eigenvalue weighted by molar-refractivity contribution is 5.89. The number of nitrogens with one attached hydrogen (secondary N) is 2. The van der Waals surface area contributed by atoms with Gasteiger partial charge in [-0.15, -0.1) is 0 Å². The van der Waals surface area contributed by atoms with Gasteiger partial charge < -0.3 is 15.2 Å². The first-order valence-electron chi connectivity index (χ1n) is 7.25. The van der Waals surface area contributed by atoms with Crippen LogP contribution in [0.4, 0.5) is 0 Å². The predicted molar refractivity (Wildman–Crippen MR) is 72.7 cm³/mol. The fourth-order valence-electron chi connectivity index (χ4n) is 2.62. The van der Waals surface area contributed by atoms with Crippen LogP contribution in [0.25, 0.3) is 0 Å². The Labute approximate surface area is 117 Å². The van der Waals surface area contributed by atoms with E-state index < -0.39 is 0 Å². The number of rotatable bonds is 6. The molecule has 0 aromatic carbocycles. The fourth-order valence-corrected chi connectivity index (χ4v) is 2.62. The van der Waals surface area contributed by atoms with Crippen molar-refractivity contribution in [1.29, 1.82) is 0 Å². The van der Waals surface area contributed by atoms with E-state index in [1.165, 1.54) is 12.8 Å². The number of likely N-dealkylation sites (tertiary alicyclic amines) is 1. The minimum absolute atomic E-state index is 0.00355. The molecule has 1 aromatic rings. The molecule has 108 valence electrons. The van der Waals surface area contributed by atoms with Crippen molar-refractivity contribution in [3.8, 4) is 0 Å². The first kappa shape index (κ1) is 13.1. The molecule has 1 unspecified atom stereocenters. The fraction of sp³-hybridized carbons (Fsp3) is 0.643. The zero-order valence-corrected chi connectivity index (χ0v) is 11.5. The molecule has 3 rings (SSSR count). The van der Waals surface area contributed by atoms with Gasteiger partial charge in [0.2, 0.25) is 11.8 Å². The second-order valence-corrected chi connectivity index (χ2v) is 5.76. The maximum atomic E-state index is 12.1. The van der Waals surface area contributed by atoms with E-state index in [4.69, 9.17) is 0 Å². The lowest BCUT2D eigenvalue weighted by Crippen LogP contribution is -2.34. The number of H-pyrrole nitrogens is 1. The number of aromatic nitrogens is 2. The summed E-state index contributed by atoms with van der Waals surface area (Å²) in [7, 11) is 0. The van der Waals surface area contributed by atoms with Crippen LogP contribution in [0.2, 0.25) is 0 Å². The van der Waals surface area contributed by atoms with Crippen molar-refractivity contribution in [2.75, 3.05) is 19.6 Å². The average Bonchev–Trinajstić information content (AvgIpc) is 2.94. The van der Waals surface area contributed by atoms with Crippen LogP contribution in [0.15, 0.2) is 12.5 Å². The Balaban J connectivity index is 1.42. The molecule has 0 radical (unpaired) electrons. The van der Waals surface area contributed by atoms with Gasteiger partial charge in [-0.05, 0) is 18.8 Å². The summed E-state index contributed by atoms with van der Waals surface area (Å²) >= 11 is 0. The van der Waals surface area contributed by atoms with Gasteiger partial charge in [0.15, 0.2) is 0 Å². The van der Waals surface area contributed by atoms with E-state index in [2.05, 4.69) is 15.3 Å². The van der Waals surface area contributed by atoms with Gasteiger partial charge in [-0.1, -0.05) is 0 Å². The summed E-state index contributed by atoms with van der Waals surface area (Å²) < 4.78 is 0. The minimum atomic E-state index is -0.178. The molecule has 6 heteroatoms. The van der Waals surface area contributed by atoms with Gasteiger partial charge in [-0.3, -0.25) is 9.59 Å². The molecule has 2 fully saturated rings. The molecule has 1 aliphatic heterocycles. The third-order valence-corrected chi connectivity index (χ3v) is 4.01. The largest absolute Gasteiger partial charge is 0.355 e. The van der Waals surface area contributed by atoms with Gasteiger partial charge in [-0.2, -0.15) is 0 Å². The molecule has 0 spiro atoms. The average molecular weight is 276 g/mol. The molecule has 0 bridgehead atoms. The number of amides is 2. The number of carbonyl (C=O) groups excluding carboxylic acids is 2. The molecule has 2 N–H and O–H groups in total. The summed E-state index contributed by atoms with van der Waals surface area (Å²) in [4.78, 5) is 32.7. The Morgan fingerprint density at radius 2 is 2.35 bits per heavy atom. The summed E-state index contributed by atoms with van der Waals surface area (Å²) in [6.45, 7) is 2.01. The zero-order valence-electron chi connectivity index (χ0n) is 11.5. The first-order chi connectivity index (χ1) is 9.72. The van der Waals surface area contributed by atoms with Crippen molar-refractivity contribution in [2.24, 2.45) is 11.8 Å². The third kappa shape index (κ3) is 3.18. The van der Waals surface area contributed by atoms with Gasteiger partial charge in [0, 0.05) is 44.4 Å². The van der Waals surface area contributed by atoms with E-state index >= 15 is 0 Å². The number of nitrogens with zero attached hydrogens (tertiary/aromatic N) is 2. The standard InChI is InChI=1S/C14H20N4O2/c19-13-5-11(8-18(13)7-10-1-2-10)14(20)16-4-3-12-6-15-9-17-12/h6,9-11H,1-5,7-8H2,(H,15,17)(H,16,20). The lowest BCUT2D eigenvalue weighted by molar-refractivity contribution is -0.129. The number of hydrogen-bond donors (Lipinski definition) is 2. The predicted octanol–water partition coefficient (Wildman–Crippen LogP) is 0.327. The smallest absolute Gasteiger partial charge is 0.225 e. The SMILES string of the molecule is O=C(NCCc1cnc[nH]1)C1CC(=O)N(CC2CC2)C1. The highest BCUT2D eigenvalue weighted by Gasteiger charge is 2.36. The Morgan fingerprint density at radius 3 is 3.05 bits per heavy atom. The molecular formula is C14H20N4O2. The summed E-state index contributed by atoms with van der Waals surface area (Å²) in [5, 5.41) is 2.91. The molecule has 2 heterocycles. The van der Waals surface area contributed by atoms with Crippen LogP contribution in [-0.2, 0) is 16.0 Å². The number of hydrogen-bond acceptors (Lipinski definition) is 3. The van der Waals surface area contributed by atoms with Gasteiger partial charge in [-0.25, -0.2) is 4.98 Å². The lowest BCUT2D eigenvalue weighted by atomic mass is 10.1. The monoisotopic (exact) mass is 276 g/mol. The summed E-state index contributed by atoms with van der Waals surface area (Å²) in [6, 6.07) is 0. The molecule has 6 nitrogen and oxygen atoms in total. The Hall–Kier alpha value is -1.85. The molecule has 1 saturated carbocycles. The second-order valence-electron chi connectivity index (χ2n) is 5.76. The maximum absolute atomic E-state index is 12.1. The van der Waals surface area contributed by atoms with Crippen LogP contribution < -0.4 is 5.32 Å². The van der Waals surface area contributed by atoms with Gasteiger partial charge >= 0.3 is 0 Å². The van der Waals surface area contributed by atoms with Crippen molar-refractivity contribution in [1.82, 2.24) is 20.2 Å². The molecule has 20 heavy (non-hydrogen) atoms. The van der Waals surface area contributed by atoms with Crippen LogP contribution in [0.3, 0.4) is 0 Å². The molecule has 1 saturated heterocycles. The molecule has 2 aliphatic rings. The number of aromatic amines is 1. The highest BCUT2D eigenvalue weighted by atomic mass is 16.2. The van der Waals surface area contributed by atoms with Crippen LogP contribution in [0, 0.1) is 11.8 Å². The van der Waals surface area contributed by atoms with Gasteiger partial charge in [0.25, 0.3) is 0 Å². The Bertz CT molecular complexity index is 481. The topological polar surface area (TPSA) is 78.1 Å². The van der Waals surface area contributed by atoms with E-state index in [0.717, 1.165) is 18.7 Å². The summed E-state index contributed by atoms with van der Waals surface area (Å²) in [6.07, 6.45) is 6.93. The summed E-state index contributed by atoms with van der Waals surface area (Å²) in [5.41, 5.74) is 1.00. The molecule has 2 amide bonds. The van der Waals surface area contributed by atoms with Gasteiger partial charge in [0.05, 0.1) is 12.2 Å². The minimum Gasteiger partial charge on any atom is -0.355 e. The highest BCUT2D eigenvalue weighted by Crippen LogP contribution is 2.31.